The summed E-state index contributed by atoms with van der Waals surface area (Å²) < 4.78 is 23.9. The Bertz CT molecular complexity index is 1090. The van der Waals surface area contributed by atoms with Crippen LogP contribution in [-0.2, 0) is 38.1 Å². The van der Waals surface area contributed by atoms with Gasteiger partial charge in [0.15, 0.2) is 0 Å². The topological polar surface area (TPSA) is 125 Å². The van der Waals surface area contributed by atoms with E-state index in [1.807, 2.05) is 20.8 Å². The van der Waals surface area contributed by atoms with Crippen LogP contribution in [0.1, 0.15) is 88.0 Å². The van der Waals surface area contributed by atoms with Gasteiger partial charge < -0.3 is 24.1 Å². The highest BCUT2D eigenvalue weighted by molar-refractivity contribution is 5.73. The SMILES string of the molecule is C=C1C(OC(C)=O)CC[C@@]2(C)CC(OC(C)=O)C3=C(C)CC(OC(=O)C(C)C(C)O)[C@@H](C(OC(C)=O)[C@H]12)C3(C)C. The van der Waals surface area contributed by atoms with E-state index >= 15 is 0 Å². The predicted octanol–water partition coefficient (Wildman–Crippen LogP) is 4.45. The molecule has 0 aromatic rings. The highest BCUT2D eigenvalue weighted by atomic mass is 16.6. The smallest absolute Gasteiger partial charge is 0.311 e. The summed E-state index contributed by atoms with van der Waals surface area (Å²) in [6, 6.07) is 0. The molecule has 0 spiro atoms. The lowest BCUT2D eigenvalue weighted by atomic mass is 9.50. The van der Waals surface area contributed by atoms with Crippen molar-refractivity contribution >= 4 is 23.9 Å². The zero-order valence-corrected chi connectivity index (χ0v) is 25.4. The van der Waals surface area contributed by atoms with E-state index in [0.29, 0.717) is 31.3 Å². The third-order valence-electron chi connectivity index (χ3n) is 9.37. The number of esters is 4. The van der Waals surface area contributed by atoms with Crippen LogP contribution in [0.25, 0.3) is 0 Å². The lowest BCUT2D eigenvalue weighted by Gasteiger charge is -2.58. The van der Waals surface area contributed by atoms with E-state index in [2.05, 4.69) is 13.5 Å². The van der Waals surface area contributed by atoms with Crippen molar-refractivity contribution in [1.29, 1.82) is 0 Å². The van der Waals surface area contributed by atoms with Crippen LogP contribution in [-0.4, -0.2) is 59.5 Å². The molecule has 6 unspecified atom stereocenters. The molecule has 224 valence electrons. The first-order chi connectivity index (χ1) is 18.4. The van der Waals surface area contributed by atoms with Crippen molar-refractivity contribution in [3.63, 3.8) is 0 Å². The van der Waals surface area contributed by atoms with Gasteiger partial charge in [0.1, 0.15) is 24.4 Å². The molecule has 2 bridgehead atoms. The van der Waals surface area contributed by atoms with Gasteiger partial charge in [-0.3, -0.25) is 19.2 Å². The minimum Gasteiger partial charge on any atom is -0.461 e. The number of carbonyl (C=O) groups excluding carboxylic acids is 4. The summed E-state index contributed by atoms with van der Waals surface area (Å²) in [7, 11) is 0. The second-order valence-electron chi connectivity index (χ2n) is 12.9. The standard InChI is InChI=1S/C31H46O9/c1-15-13-23(40-29(36)16(2)18(4)32)27-28(39-21(7)35)26-17(3)22(37-19(5)33)11-12-31(26,10)14-24(38-20(6)34)25(15)30(27,8)9/h16,18,22-24,26-28,32H,3,11-14H2,1-2,4-10H3/t16?,18?,22?,23?,24?,26-,27-,28?,31-/m0/s1. The molecular weight excluding hydrogens is 516 g/mol. The Morgan fingerprint density at radius 2 is 1.48 bits per heavy atom. The highest BCUT2D eigenvalue weighted by Crippen LogP contribution is 2.60. The maximum Gasteiger partial charge on any atom is 0.311 e. The fourth-order valence-corrected chi connectivity index (χ4v) is 7.60. The summed E-state index contributed by atoms with van der Waals surface area (Å²) in [5, 5.41) is 10.1. The van der Waals surface area contributed by atoms with Gasteiger partial charge in [0, 0.05) is 39.0 Å². The molecule has 0 aromatic heterocycles. The zero-order chi connectivity index (χ0) is 30.3. The monoisotopic (exact) mass is 562 g/mol. The van der Waals surface area contributed by atoms with E-state index in [4.69, 9.17) is 18.9 Å². The summed E-state index contributed by atoms with van der Waals surface area (Å²) in [5.41, 5.74) is 1.23. The van der Waals surface area contributed by atoms with Crippen LogP contribution >= 0.6 is 0 Å². The molecule has 0 aromatic carbocycles. The molecule has 0 amide bonds. The zero-order valence-electron chi connectivity index (χ0n) is 25.4. The summed E-state index contributed by atoms with van der Waals surface area (Å²) in [6.07, 6.45) is -1.55. The van der Waals surface area contributed by atoms with Crippen molar-refractivity contribution in [2.24, 2.45) is 28.6 Å². The maximum atomic E-state index is 13.2. The molecule has 9 nitrogen and oxygen atoms in total. The fraction of sp³-hybridized carbons (Fsp3) is 0.742. The number of fused-ring (bicyclic) bond motifs is 3. The van der Waals surface area contributed by atoms with Gasteiger partial charge in [-0.25, -0.2) is 0 Å². The maximum absolute atomic E-state index is 13.2. The number of hydrogen-bond donors (Lipinski definition) is 1. The van der Waals surface area contributed by atoms with Crippen molar-refractivity contribution < 1.29 is 43.2 Å². The van der Waals surface area contributed by atoms with E-state index in [-0.39, 0.29) is 0 Å². The third kappa shape index (κ3) is 6.14. The first-order valence-electron chi connectivity index (χ1n) is 14.2. The molecule has 40 heavy (non-hydrogen) atoms. The molecule has 9 atom stereocenters. The van der Waals surface area contributed by atoms with E-state index in [9.17, 15) is 24.3 Å². The van der Waals surface area contributed by atoms with Crippen molar-refractivity contribution in [2.45, 2.75) is 119 Å². The van der Waals surface area contributed by atoms with E-state index in [1.165, 1.54) is 27.7 Å². The number of carbonyl (C=O) groups is 4. The third-order valence-corrected chi connectivity index (χ3v) is 9.37. The van der Waals surface area contributed by atoms with Crippen LogP contribution in [0.3, 0.4) is 0 Å². The number of aliphatic hydroxyl groups is 1. The van der Waals surface area contributed by atoms with Crippen molar-refractivity contribution in [3.05, 3.63) is 23.3 Å². The van der Waals surface area contributed by atoms with Gasteiger partial charge in [-0.15, -0.1) is 0 Å². The Balaban J connectivity index is 2.27. The van der Waals surface area contributed by atoms with Crippen LogP contribution in [0.5, 0.6) is 0 Å². The molecule has 3 rings (SSSR count). The van der Waals surface area contributed by atoms with Crippen LogP contribution in [0, 0.1) is 28.6 Å². The predicted molar refractivity (Wildman–Crippen MR) is 147 cm³/mol. The molecule has 9 heteroatoms. The van der Waals surface area contributed by atoms with Gasteiger partial charge in [-0.2, -0.15) is 0 Å². The molecule has 1 N–H and O–H groups in total. The van der Waals surface area contributed by atoms with Crippen molar-refractivity contribution in [2.75, 3.05) is 0 Å². The molecule has 0 radical (unpaired) electrons. The largest absolute Gasteiger partial charge is 0.461 e. The first-order valence-corrected chi connectivity index (χ1v) is 14.2. The normalized spacial score (nSPS) is 34.8. The lowest BCUT2D eigenvalue weighted by Crippen LogP contribution is -2.60. The Hall–Kier alpha value is -2.68. The van der Waals surface area contributed by atoms with Gasteiger partial charge in [0.25, 0.3) is 0 Å². The quantitative estimate of drug-likeness (QED) is 0.284. The van der Waals surface area contributed by atoms with Gasteiger partial charge in [0.05, 0.1) is 12.0 Å². The fourth-order valence-electron chi connectivity index (χ4n) is 7.60. The Kier molecular flexibility index (Phi) is 9.29. The number of aliphatic hydroxyl groups excluding tert-OH is 1. The van der Waals surface area contributed by atoms with Crippen molar-refractivity contribution in [1.82, 2.24) is 0 Å². The Labute approximate surface area is 237 Å². The summed E-state index contributed by atoms with van der Waals surface area (Å²) >= 11 is 0. The molecule has 0 heterocycles. The molecule has 0 saturated heterocycles. The minimum absolute atomic E-state index is 0.348. The molecule has 2 fully saturated rings. The minimum atomic E-state index is -0.905. The van der Waals surface area contributed by atoms with E-state index < -0.39 is 83.0 Å². The van der Waals surface area contributed by atoms with E-state index in [0.717, 1.165) is 11.1 Å². The number of ether oxygens (including phenoxy) is 4. The summed E-state index contributed by atoms with van der Waals surface area (Å²) in [4.78, 5) is 50.2. The van der Waals surface area contributed by atoms with Gasteiger partial charge >= 0.3 is 23.9 Å². The van der Waals surface area contributed by atoms with Gasteiger partial charge in [-0.05, 0) is 62.0 Å². The van der Waals surface area contributed by atoms with Crippen LogP contribution < -0.4 is 0 Å². The average molecular weight is 563 g/mol. The van der Waals surface area contributed by atoms with Crippen molar-refractivity contribution in [3.8, 4) is 0 Å². The molecule has 3 aliphatic carbocycles. The summed E-state index contributed by atoms with van der Waals surface area (Å²) in [6.45, 7) is 19.6. The Morgan fingerprint density at radius 3 is 2.00 bits per heavy atom. The number of hydrogen-bond acceptors (Lipinski definition) is 9. The van der Waals surface area contributed by atoms with E-state index in [1.54, 1.807) is 6.92 Å². The molecular formula is C31H46O9. The molecule has 3 aliphatic rings. The highest BCUT2D eigenvalue weighted by Gasteiger charge is 2.61. The van der Waals surface area contributed by atoms with Crippen LogP contribution in [0.15, 0.2) is 23.3 Å². The second kappa shape index (κ2) is 11.7. The van der Waals surface area contributed by atoms with Gasteiger partial charge in [0.2, 0.25) is 0 Å². The number of rotatable bonds is 6. The molecule has 2 saturated carbocycles. The second-order valence-corrected chi connectivity index (χ2v) is 12.9. The van der Waals surface area contributed by atoms with Crippen LogP contribution in [0.4, 0.5) is 0 Å². The Morgan fingerprint density at radius 1 is 0.925 bits per heavy atom. The summed E-state index contributed by atoms with van der Waals surface area (Å²) in [5.74, 6) is -3.65. The van der Waals surface area contributed by atoms with Gasteiger partial charge in [-0.1, -0.05) is 32.9 Å². The van der Waals surface area contributed by atoms with Crippen LogP contribution in [0.2, 0.25) is 0 Å². The lowest BCUT2D eigenvalue weighted by molar-refractivity contribution is -0.189. The molecule has 0 aliphatic heterocycles. The average Bonchev–Trinajstić information content (AvgIpc) is 2.77. The first kappa shape index (κ1) is 31.8.